The number of hydrogen-bond acceptors (Lipinski definition) is 4. The number of thioether (sulfide) groups is 2. The van der Waals surface area contributed by atoms with Crippen LogP contribution in [0.4, 0.5) is 0 Å². The molecule has 1 fully saturated rings. The van der Waals surface area contributed by atoms with Gasteiger partial charge in [-0.1, -0.05) is 49.9 Å². The van der Waals surface area contributed by atoms with Gasteiger partial charge in [-0.25, -0.2) is 0 Å². The molecule has 2 heterocycles. The molecular formula is C18H19NO2S2. The lowest BCUT2D eigenvalue weighted by atomic mass is 10.0. The predicted octanol–water partition coefficient (Wildman–Crippen LogP) is 4.15. The summed E-state index contributed by atoms with van der Waals surface area (Å²) in [4.78, 5) is 26.8. The van der Waals surface area contributed by atoms with Crippen molar-refractivity contribution in [2.45, 2.75) is 25.0 Å². The number of rotatable bonds is 0. The predicted molar refractivity (Wildman–Crippen MR) is 98.9 cm³/mol. The number of nitrogens with zero attached hydrogens (tertiary/aromatic N) is 1. The molecule has 2 aliphatic heterocycles. The first-order valence-electron chi connectivity index (χ1n) is 7.85. The van der Waals surface area contributed by atoms with Crippen LogP contribution in [0.5, 0.6) is 0 Å². The normalized spacial score (nSPS) is 20.3. The van der Waals surface area contributed by atoms with Crippen LogP contribution in [0.2, 0.25) is 0 Å². The minimum atomic E-state index is -0.304. The molecule has 1 unspecified atom stereocenters. The second-order valence-electron chi connectivity index (χ2n) is 5.19. The third-order valence-electron chi connectivity index (χ3n) is 3.93. The molecule has 2 aromatic rings. The Bertz CT molecular complexity index is 760. The molecule has 4 rings (SSSR count). The number of benzene rings is 2. The molecule has 0 spiro atoms. The van der Waals surface area contributed by atoms with Gasteiger partial charge in [0.05, 0.1) is 0 Å². The first kappa shape index (κ1) is 16.4. The summed E-state index contributed by atoms with van der Waals surface area (Å²) in [5, 5.41) is 1.99. The fourth-order valence-electron chi connectivity index (χ4n) is 2.85. The third-order valence-corrected chi connectivity index (χ3v) is 6.24. The quantitative estimate of drug-likeness (QED) is 0.719. The van der Waals surface area contributed by atoms with E-state index in [1.54, 1.807) is 16.7 Å². The Morgan fingerprint density at radius 3 is 2.52 bits per heavy atom. The third kappa shape index (κ3) is 3.00. The highest BCUT2D eigenvalue weighted by Gasteiger charge is 2.37. The average Bonchev–Trinajstić information content (AvgIpc) is 3.08. The standard InChI is InChI=1S/C16H13NO2S2.C2H6/c18-14-13-8-11-4-2-1-3-10(11)7-12(13)9-21-16(19)15-17(14)5-6-20-15;1-2/h1-4,7-8,15H,5-6,9H2;1-2H3. The molecule has 0 aromatic heterocycles. The summed E-state index contributed by atoms with van der Waals surface area (Å²) in [7, 11) is 0. The SMILES string of the molecule is CC.O=C1SCc2cc3ccccc3cc2C(=O)N2CCSC12. The summed E-state index contributed by atoms with van der Waals surface area (Å²) in [5.41, 5.74) is 1.72. The van der Waals surface area contributed by atoms with Crippen LogP contribution in [0, 0.1) is 0 Å². The summed E-state index contributed by atoms with van der Waals surface area (Å²) in [6.45, 7) is 4.66. The summed E-state index contributed by atoms with van der Waals surface area (Å²) in [6.07, 6.45) is 0. The molecule has 1 atom stereocenters. The van der Waals surface area contributed by atoms with E-state index in [2.05, 4.69) is 0 Å². The molecule has 0 saturated carbocycles. The summed E-state index contributed by atoms with van der Waals surface area (Å²) < 4.78 is 0. The summed E-state index contributed by atoms with van der Waals surface area (Å²) >= 11 is 2.90. The van der Waals surface area contributed by atoms with E-state index in [-0.39, 0.29) is 16.4 Å². The molecule has 0 bridgehead atoms. The van der Waals surface area contributed by atoms with Crippen LogP contribution in [0.25, 0.3) is 10.8 Å². The van der Waals surface area contributed by atoms with E-state index in [4.69, 9.17) is 0 Å². The van der Waals surface area contributed by atoms with Crippen LogP contribution in [0.3, 0.4) is 0 Å². The smallest absolute Gasteiger partial charge is 0.255 e. The van der Waals surface area contributed by atoms with Gasteiger partial charge in [0.1, 0.15) is 5.37 Å². The molecule has 120 valence electrons. The summed E-state index contributed by atoms with van der Waals surface area (Å²) in [5.74, 6) is 1.42. The maximum atomic E-state index is 12.8. The molecule has 2 aromatic carbocycles. The van der Waals surface area contributed by atoms with Crippen molar-refractivity contribution in [3.05, 3.63) is 47.5 Å². The molecule has 0 N–H and O–H groups in total. The van der Waals surface area contributed by atoms with Crippen LogP contribution in [-0.2, 0) is 10.5 Å². The van der Waals surface area contributed by atoms with Crippen molar-refractivity contribution >= 4 is 45.3 Å². The van der Waals surface area contributed by atoms with Crippen LogP contribution in [0.1, 0.15) is 29.8 Å². The maximum absolute atomic E-state index is 12.8. The Balaban J connectivity index is 0.000000753. The topological polar surface area (TPSA) is 37.4 Å². The van der Waals surface area contributed by atoms with Gasteiger partial charge in [-0.05, 0) is 28.5 Å². The van der Waals surface area contributed by atoms with Crippen molar-refractivity contribution in [3.63, 3.8) is 0 Å². The van der Waals surface area contributed by atoms with Gasteiger partial charge in [0.2, 0.25) is 5.12 Å². The molecule has 3 nitrogen and oxygen atoms in total. The molecule has 2 aliphatic rings. The van der Waals surface area contributed by atoms with E-state index in [0.717, 1.165) is 27.7 Å². The Hall–Kier alpha value is -1.46. The Labute approximate surface area is 144 Å². The molecule has 5 heteroatoms. The van der Waals surface area contributed by atoms with Crippen LogP contribution < -0.4 is 0 Å². The highest BCUT2D eigenvalue weighted by atomic mass is 32.2. The Kier molecular flexibility index (Phi) is 4.97. The minimum Gasteiger partial charge on any atom is -0.318 e. The minimum absolute atomic E-state index is 0.000553. The van der Waals surface area contributed by atoms with Crippen molar-refractivity contribution in [3.8, 4) is 0 Å². The van der Waals surface area contributed by atoms with Crippen molar-refractivity contribution in [2.24, 2.45) is 0 Å². The van der Waals surface area contributed by atoms with Gasteiger partial charge in [-0.15, -0.1) is 11.8 Å². The lowest BCUT2D eigenvalue weighted by Crippen LogP contribution is -2.40. The monoisotopic (exact) mass is 345 g/mol. The van der Waals surface area contributed by atoms with Crippen molar-refractivity contribution in [1.29, 1.82) is 0 Å². The molecule has 1 saturated heterocycles. The van der Waals surface area contributed by atoms with E-state index in [9.17, 15) is 9.59 Å². The van der Waals surface area contributed by atoms with Gasteiger partial charge in [-0.2, -0.15) is 0 Å². The van der Waals surface area contributed by atoms with E-state index >= 15 is 0 Å². The zero-order chi connectivity index (χ0) is 16.4. The average molecular weight is 345 g/mol. The molecule has 0 aliphatic carbocycles. The van der Waals surface area contributed by atoms with E-state index in [1.165, 1.54) is 11.8 Å². The Morgan fingerprint density at radius 2 is 1.78 bits per heavy atom. The van der Waals surface area contributed by atoms with Crippen LogP contribution in [0.15, 0.2) is 36.4 Å². The summed E-state index contributed by atoms with van der Waals surface area (Å²) in [6, 6.07) is 12.1. The fraction of sp³-hybridized carbons (Fsp3) is 0.333. The van der Waals surface area contributed by atoms with Gasteiger partial charge in [0, 0.05) is 23.6 Å². The first-order valence-corrected chi connectivity index (χ1v) is 9.88. The van der Waals surface area contributed by atoms with E-state index < -0.39 is 0 Å². The van der Waals surface area contributed by atoms with Gasteiger partial charge in [0.15, 0.2) is 0 Å². The van der Waals surface area contributed by atoms with Gasteiger partial charge in [-0.3, -0.25) is 9.59 Å². The van der Waals surface area contributed by atoms with Gasteiger partial charge >= 0.3 is 0 Å². The second-order valence-corrected chi connectivity index (χ2v) is 7.35. The fourth-order valence-corrected chi connectivity index (χ4v) is 5.11. The largest absolute Gasteiger partial charge is 0.318 e. The Morgan fingerprint density at radius 1 is 1.09 bits per heavy atom. The first-order chi connectivity index (χ1) is 11.2. The maximum Gasteiger partial charge on any atom is 0.255 e. The highest BCUT2D eigenvalue weighted by molar-refractivity contribution is 8.15. The molecular weight excluding hydrogens is 326 g/mol. The van der Waals surface area contributed by atoms with Crippen molar-refractivity contribution in [1.82, 2.24) is 4.90 Å². The van der Waals surface area contributed by atoms with E-state index in [1.807, 2.05) is 50.2 Å². The van der Waals surface area contributed by atoms with Crippen LogP contribution >= 0.6 is 23.5 Å². The van der Waals surface area contributed by atoms with Gasteiger partial charge in [0.25, 0.3) is 5.91 Å². The molecule has 1 amide bonds. The number of carbonyl (C=O) groups excluding carboxylic acids is 2. The number of carbonyl (C=O) groups is 2. The van der Waals surface area contributed by atoms with E-state index in [0.29, 0.717) is 12.3 Å². The lowest BCUT2D eigenvalue weighted by molar-refractivity contribution is -0.112. The highest BCUT2D eigenvalue weighted by Crippen LogP contribution is 2.35. The van der Waals surface area contributed by atoms with Gasteiger partial charge < -0.3 is 4.90 Å². The zero-order valence-corrected chi connectivity index (χ0v) is 14.9. The van der Waals surface area contributed by atoms with Crippen molar-refractivity contribution in [2.75, 3.05) is 12.3 Å². The number of hydrogen-bond donors (Lipinski definition) is 0. The van der Waals surface area contributed by atoms with Crippen LogP contribution in [-0.4, -0.2) is 33.6 Å². The second kappa shape index (κ2) is 6.97. The number of fused-ring (bicyclic) bond motifs is 3. The lowest BCUT2D eigenvalue weighted by Gasteiger charge is -2.26. The molecule has 0 radical (unpaired) electrons. The number of amides is 1. The zero-order valence-electron chi connectivity index (χ0n) is 13.2. The van der Waals surface area contributed by atoms with Crippen molar-refractivity contribution < 1.29 is 9.59 Å². The molecule has 23 heavy (non-hydrogen) atoms.